The van der Waals surface area contributed by atoms with Crippen molar-refractivity contribution in [2.75, 3.05) is 0 Å². The van der Waals surface area contributed by atoms with Gasteiger partial charge < -0.3 is 5.32 Å². The molecule has 5 nitrogen and oxygen atoms in total. The lowest BCUT2D eigenvalue weighted by atomic mass is 10.1. The molecule has 1 fully saturated rings. The molecule has 132 valence electrons. The molecule has 1 aliphatic carbocycles. The van der Waals surface area contributed by atoms with Crippen LogP contribution in [0.25, 0.3) is 0 Å². The number of carbonyl (C=O) groups is 3. The molecule has 1 atom stereocenters. The van der Waals surface area contributed by atoms with E-state index in [2.05, 4.69) is 17.4 Å². The molecular weight excluding hydrogens is 328 g/mol. The number of hydrogen-bond acceptors (Lipinski definition) is 3. The molecule has 0 radical (unpaired) electrons. The van der Waals surface area contributed by atoms with Gasteiger partial charge >= 0.3 is 0 Å². The third-order valence-corrected chi connectivity index (χ3v) is 5.15. The van der Waals surface area contributed by atoms with E-state index in [1.54, 1.807) is 24.3 Å². The zero-order valence-corrected chi connectivity index (χ0v) is 14.4. The van der Waals surface area contributed by atoms with Crippen molar-refractivity contribution in [1.82, 2.24) is 10.2 Å². The topological polar surface area (TPSA) is 66.5 Å². The maximum atomic E-state index is 12.5. The first kappa shape index (κ1) is 16.5. The third-order valence-electron chi connectivity index (χ3n) is 5.15. The zero-order chi connectivity index (χ0) is 18.1. The van der Waals surface area contributed by atoms with E-state index >= 15 is 0 Å². The smallest absolute Gasteiger partial charge is 0.251 e. The molecular formula is C21H20N2O3. The normalized spacial score (nSPS) is 18.9. The highest BCUT2D eigenvalue weighted by atomic mass is 16.2. The van der Waals surface area contributed by atoms with E-state index < -0.39 is 0 Å². The van der Waals surface area contributed by atoms with Gasteiger partial charge in [0.05, 0.1) is 12.6 Å². The number of nitrogens with zero attached hydrogens (tertiary/aromatic N) is 1. The number of fused-ring (bicyclic) bond motifs is 1. The van der Waals surface area contributed by atoms with Crippen molar-refractivity contribution in [1.29, 1.82) is 0 Å². The number of amides is 3. The Balaban J connectivity index is 1.41. The first-order valence-electron chi connectivity index (χ1n) is 8.92. The van der Waals surface area contributed by atoms with Crippen LogP contribution in [0.5, 0.6) is 0 Å². The van der Waals surface area contributed by atoms with Crippen molar-refractivity contribution in [2.45, 2.75) is 38.3 Å². The van der Waals surface area contributed by atoms with Gasteiger partial charge in [0.1, 0.15) is 0 Å². The van der Waals surface area contributed by atoms with Crippen molar-refractivity contribution < 1.29 is 14.4 Å². The molecule has 0 aromatic heterocycles. The van der Waals surface area contributed by atoms with Crippen LogP contribution in [0.15, 0.2) is 48.5 Å². The molecule has 1 heterocycles. The Hall–Kier alpha value is -2.95. The predicted octanol–water partition coefficient (Wildman–Crippen LogP) is 2.75. The average Bonchev–Trinajstić information content (AvgIpc) is 3.21. The van der Waals surface area contributed by atoms with Crippen LogP contribution < -0.4 is 5.32 Å². The fourth-order valence-corrected chi connectivity index (χ4v) is 3.69. The molecule has 2 aromatic carbocycles. The van der Waals surface area contributed by atoms with Crippen LogP contribution >= 0.6 is 0 Å². The second-order valence-corrected chi connectivity index (χ2v) is 6.83. The summed E-state index contributed by atoms with van der Waals surface area (Å²) < 4.78 is 0. The number of hydrogen-bond donors (Lipinski definition) is 1. The van der Waals surface area contributed by atoms with E-state index in [-0.39, 0.29) is 30.3 Å². The highest BCUT2D eigenvalue weighted by Gasteiger charge is 2.28. The molecule has 1 saturated heterocycles. The lowest BCUT2D eigenvalue weighted by Crippen LogP contribution is -2.28. The second-order valence-electron chi connectivity index (χ2n) is 6.83. The summed E-state index contributed by atoms with van der Waals surface area (Å²) in [7, 11) is 0. The number of carbonyl (C=O) groups excluding carboxylic acids is 3. The third kappa shape index (κ3) is 3.12. The second kappa shape index (κ2) is 6.75. The molecule has 4 rings (SSSR count). The van der Waals surface area contributed by atoms with E-state index in [0.29, 0.717) is 18.4 Å². The number of benzene rings is 2. The van der Waals surface area contributed by atoms with Gasteiger partial charge in [-0.25, -0.2) is 0 Å². The maximum Gasteiger partial charge on any atom is 0.251 e. The van der Waals surface area contributed by atoms with Crippen LogP contribution in [0, 0.1) is 0 Å². The van der Waals surface area contributed by atoms with Crippen LogP contribution in [0.2, 0.25) is 0 Å². The maximum absolute atomic E-state index is 12.5. The molecule has 26 heavy (non-hydrogen) atoms. The largest absolute Gasteiger partial charge is 0.345 e. The van der Waals surface area contributed by atoms with Gasteiger partial charge in [0.2, 0.25) is 11.8 Å². The fraction of sp³-hybridized carbons (Fsp3) is 0.286. The predicted molar refractivity (Wildman–Crippen MR) is 96.2 cm³/mol. The summed E-state index contributed by atoms with van der Waals surface area (Å²) in [6.07, 6.45) is 2.49. The Morgan fingerprint density at radius 1 is 0.962 bits per heavy atom. The van der Waals surface area contributed by atoms with Gasteiger partial charge in [-0.05, 0) is 41.7 Å². The molecule has 0 spiro atoms. The molecule has 0 bridgehead atoms. The first-order valence-corrected chi connectivity index (χ1v) is 8.92. The van der Waals surface area contributed by atoms with Gasteiger partial charge in [-0.15, -0.1) is 0 Å². The van der Waals surface area contributed by atoms with Crippen LogP contribution in [-0.2, 0) is 22.6 Å². The van der Waals surface area contributed by atoms with E-state index in [0.717, 1.165) is 18.4 Å². The summed E-state index contributed by atoms with van der Waals surface area (Å²) >= 11 is 0. The van der Waals surface area contributed by atoms with Crippen molar-refractivity contribution in [3.05, 3.63) is 70.8 Å². The highest BCUT2D eigenvalue weighted by Crippen LogP contribution is 2.30. The van der Waals surface area contributed by atoms with Crippen LogP contribution in [0.1, 0.15) is 52.4 Å². The SMILES string of the molecule is O=C(NC1CCc2ccccc21)c1ccc(CN2C(=O)CCC2=O)cc1. The van der Waals surface area contributed by atoms with Gasteiger partial charge in [-0.3, -0.25) is 19.3 Å². The molecule has 2 aliphatic rings. The lowest BCUT2D eigenvalue weighted by molar-refractivity contribution is -0.139. The van der Waals surface area contributed by atoms with Crippen molar-refractivity contribution in [3.63, 3.8) is 0 Å². The minimum atomic E-state index is -0.128. The lowest BCUT2D eigenvalue weighted by Gasteiger charge is -2.15. The minimum Gasteiger partial charge on any atom is -0.345 e. The molecule has 1 aliphatic heterocycles. The number of aryl methyl sites for hydroxylation is 1. The van der Waals surface area contributed by atoms with Crippen LogP contribution in [0.3, 0.4) is 0 Å². The number of imide groups is 1. The summed E-state index contributed by atoms with van der Waals surface area (Å²) in [4.78, 5) is 37.2. The Morgan fingerprint density at radius 3 is 2.38 bits per heavy atom. The van der Waals surface area contributed by atoms with Gasteiger partial charge in [-0.2, -0.15) is 0 Å². The van der Waals surface area contributed by atoms with E-state index in [1.165, 1.54) is 16.0 Å². The molecule has 3 amide bonds. The molecule has 1 unspecified atom stereocenters. The van der Waals surface area contributed by atoms with Gasteiger partial charge in [0, 0.05) is 18.4 Å². The Kier molecular flexibility index (Phi) is 4.29. The van der Waals surface area contributed by atoms with Crippen LogP contribution in [0.4, 0.5) is 0 Å². The van der Waals surface area contributed by atoms with Gasteiger partial charge in [0.15, 0.2) is 0 Å². The summed E-state index contributed by atoms with van der Waals surface area (Å²) in [5.41, 5.74) is 3.92. The van der Waals surface area contributed by atoms with E-state index in [4.69, 9.17) is 0 Å². The number of likely N-dealkylation sites (tertiary alicyclic amines) is 1. The fourth-order valence-electron chi connectivity index (χ4n) is 3.69. The summed E-state index contributed by atoms with van der Waals surface area (Å²) in [6, 6.07) is 15.4. The molecule has 5 heteroatoms. The van der Waals surface area contributed by atoms with E-state index in [1.807, 2.05) is 12.1 Å². The quantitative estimate of drug-likeness (QED) is 0.864. The van der Waals surface area contributed by atoms with Crippen molar-refractivity contribution in [2.24, 2.45) is 0 Å². The monoisotopic (exact) mass is 348 g/mol. The Labute approximate surface area is 152 Å². The van der Waals surface area contributed by atoms with Gasteiger partial charge in [0.25, 0.3) is 5.91 Å². The summed E-state index contributed by atoms with van der Waals surface area (Å²) in [5, 5.41) is 3.10. The average molecular weight is 348 g/mol. The molecule has 0 saturated carbocycles. The van der Waals surface area contributed by atoms with Crippen LogP contribution in [-0.4, -0.2) is 22.6 Å². The number of nitrogens with one attached hydrogen (secondary N) is 1. The summed E-state index contributed by atoms with van der Waals surface area (Å²) in [6.45, 7) is 0.273. The van der Waals surface area contributed by atoms with Crippen molar-refractivity contribution in [3.8, 4) is 0 Å². The first-order chi connectivity index (χ1) is 12.6. The zero-order valence-electron chi connectivity index (χ0n) is 14.4. The molecule has 2 aromatic rings. The molecule has 1 N–H and O–H groups in total. The van der Waals surface area contributed by atoms with Crippen molar-refractivity contribution >= 4 is 17.7 Å². The Bertz CT molecular complexity index is 857. The standard InChI is InChI=1S/C21H20N2O3/c24-19-11-12-20(25)23(19)13-14-5-7-16(8-6-14)21(26)22-18-10-9-15-3-1-2-4-17(15)18/h1-8,18H,9-13H2,(H,22,26). The number of rotatable bonds is 4. The highest BCUT2D eigenvalue weighted by molar-refractivity contribution is 6.01. The minimum absolute atomic E-state index is 0.0539. The summed E-state index contributed by atoms with van der Waals surface area (Å²) in [5.74, 6) is -0.361. The van der Waals surface area contributed by atoms with E-state index in [9.17, 15) is 14.4 Å². The van der Waals surface area contributed by atoms with Gasteiger partial charge in [-0.1, -0.05) is 36.4 Å². The Morgan fingerprint density at radius 2 is 1.65 bits per heavy atom.